The van der Waals surface area contributed by atoms with Crippen molar-refractivity contribution >= 4 is 101 Å². The molecular formula is C89H81N19O6. The summed E-state index contributed by atoms with van der Waals surface area (Å²) in [7, 11) is 0. The molecule has 0 aliphatic carbocycles. The number of benzene rings is 8. The van der Waals surface area contributed by atoms with Gasteiger partial charge in [-0.2, -0.15) is 5.26 Å². The van der Waals surface area contributed by atoms with Crippen LogP contribution in [-0.2, 0) is 24.7 Å². The van der Waals surface area contributed by atoms with Crippen LogP contribution in [0.2, 0.25) is 0 Å². The van der Waals surface area contributed by atoms with E-state index in [4.69, 9.17) is 10.2 Å². The highest BCUT2D eigenvalue weighted by molar-refractivity contribution is 5.84. The van der Waals surface area contributed by atoms with Crippen molar-refractivity contribution < 1.29 is 0 Å². The Kier molecular flexibility index (Phi) is 20.8. The second-order valence-corrected chi connectivity index (χ2v) is 28.9. The Morgan fingerprint density at radius 3 is 1.28 bits per heavy atom. The number of aromatic amines is 6. The maximum atomic E-state index is 13.1. The standard InChI is InChI=1S/C19H17N3O.C16H11N3O.C14H12N4O.C14H15N3O.2C13H13N3O/c1-2-8-14-17(13-9-4-3-5-10-13)21-19-20-15-11-6-7-12-16(15)22(19)18(14)23;20-15-10-13(11-6-2-1-3-7-11)18-16-17-12-8-4-5-9-14(12)19(15)16;1-9-10(5-4-8-15)13(19)18-12-7-3-2-6-11(12)17-14(18)16-9;1-14(2,3)11-8-12(18)17-10-7-5-4-6-9(10)15-13(17)16-11;1-8(2)10-7-12(17)16-11-6-4-3-5-9(11)14-13(16)15-10;1-2-5-9-8-12(17)16-11-7-4-3-6-10(11)15-13(16)14-9/h3-7,9-12H,2,8H2,1H3,(H,20,21);1-10H,(H,17,18);2-3,6-7H,4-5H2,1H3,(H,16,17);4-8H,1-3H3,(H,15,16);3-8H,1-2H3,(H,14,15);3-4,6-8H,2,5H2,1H3,(H,14,15). The number of hydrogen-bond donors (Lipinski definition) is 6. The molecular weight excluding hydrogens is 1430 g/mol. The maximum absolute atomic E-state index is 13.1. The zero-order chi connectivity index (χ0) is 79.5. The monoisotopic (exact) mass is 1510 g/mol. The van der Waals surface area contributed by atoms with Crippen LogP contribution >= 0.6 is 0 Å². The van der Waals surface area contributed by atoms with Gasteiger partial charge in [0.1, 0.15) is 0 Å². The van der Waals surface area contributed by atoms with E-state index >= 15 is 0 Å². The highest BCUT2D eigenvalue weighted by Gasteiger charge is 2.21. The Bertz CT molecular complexity index is 7440. The molecule has 0 bridgehead atoms. The third kappa shape index (κ3) is 14.8. The van der Waals surface area contributed by atoms with Crippen LogP contribution in [0.15, 0.2) is 259 Å². The number of aryl methyl sites for hydroxylation is 2. The highest BCUT2D eigenvalue weighted by Crippen LogP contribution is 2.26. The van der Waals surface area contributed by atoms with Gasteiger partial charge in [-0.3, -0.25) is 28.8 Å². The van der Waals surface area contributed by atoms with Crippen LogP contribution in [0.3, 0.4) is 0 Å². The first-order chi connectivity index (χ1) is 55.3. The normalized spacial score (nSPS) is 11.5. The Balaban J connectivity index is 0.000000108. The van der Waals surface area contributed by atoms with Gasteiger partial charge in [-0.05, 0) is 110 Å². The molecule has 20 aromatic rings. The molecule has 114 heavy (non-hydrogen) atoms. The Morgan fingerprint density at radius 1 is 0.386 bits per heavy atom. The molecule has 0 saturated heterocycles. The number of imidazole rings is 6. The van der Waals surface area contributed by atoms with Gasteiger partial charge in [0.05, 0.1) is 83.7 Å². The summed E-state index contributed by atoms with van der Waals surface area (Å²) in [5, 5.41) is 8.67. The summed E-state index contributed by atoms with van der Waals surface area (Å²) in [6.07, 6.45) is 4.30. The lowest BCUT2D eigenvalue weighted by molar-refractivity contribution is 0.567. The molecule has 0 atom stereocenters. The number of hydrogen-bond acceptors (Lipinski definition) is 13. The number of nitrogens with zero attached hydrogens (tertiary/aromatic N) is 13. The fraction of sp³-hybridized carbons (Fsp3) is 0.180. The summed E-state index contributed by atoms with van der Waals surface area (Å²) >= 11 is 0. The van der Waals surface area contributed by atoms with Crippen molar-refractivity contribution in [3.8, 4) is 28.6 Å². The fourth-order valence-electron chi connectivity index (χ4n) is 14.1. The average molecular weight is 1510 g/mol. The van der Waals surface area contributed by atoms with Gasteiger partial charge in [0.15, 0.2) is 0 Å². The second kappa shape index (κ2) is 31.7. The number of nitriles is 1. The third-order valence-electron chi connectivity index (χ3n) is 19.7. The Morgan fingerprint density at radius 2 is 0.781 bits per heavy atom. The molecule has 0 saturated carbocycles. The van der Waals surface area contributed by atoms with E-state index in [2.05, 4.69) is 95.5 Å². The van der Waals surface area contributed by atoms with E-state index in [0.29, 0.717) is 53.1 Å². The molecule has 25 heteroatoms. The van der Waals surface area contributed by atoms with Gasteiger partial charge in [-0.25, -0.2) is 56.3 Å². The number of aromatic nitrogens is 18. The van der Waals surface area contributed by atoms with Crippen LogP contribution in [0.25, 0.3) is 123 Å². The molecule has 0 fully saturated rings. The van der Waals surface area contributed by atoms with Crippen molar-refractivity contribution in [2.75, 3.05) is 0 Å². The topological polar surface area (TPSA) is 325 Å². The van der Waals surface area contributed by atoms with Crippen LogP contribution in [0.5, 0.6) is 0 Å². The van der Waals surface area contributed by atoms with Crippen LogP contribution in [0.4, 0.5) is 0 Å². The van der Waals surface area contributed by atoms with Gasteiger partial charge in [-0.1, -0.05) is 195 Å². The van der Waals surface area contributed by atoms with E-state index in [1.165, 1.54) is 0 Å². The fourth-order valence-corrected chi connectivity index (χ4v) is 14.1. The summed E-state index contributed by atoms with van der Waals surface area (Å²) < 4.78 is 9.71. The van der Waals surface area contributed by atoms with Crippen LogP contribution in [-0.4, -0.2) is 86.2 Å². The smallest absolute Gasteiger partial charge is 0.263 e. The van der Waals surface area contributed by atoms with Crippen LogP contribution in [0, 0.1) is 18.3 Å². The molecule has 8 aromatic carbocycles. The summed E-state index contributed by atoms with van der Waals surface area (Å²) in [5.74, 6) is 3.84. The van der Waals surface area contributed by atoms with E-state index in [-0.39, 0.29) is 44.7 Å². The van der Waals surface area contributed by atoms with Gasteiger partial charge >= 0.3 is 0 Å². The second-order valence-electron chi connectivity index (χ2n) is 28.9. The predicted octanol–water partition coefficient (Wildman–Crippen LogP) is 15.5. The molecule has 0 amide bonds. The van der Waals surface area contributed by atoms with E-state index in [1.807, 2.05) is 227 Å². The summed E-state index contributed by atoms with van der Waals surface area (Å²) in [4.78, 5) is 121. The number of para-hydroxylation sites is 12. The molecule has 0 radical (unpaired) electrons. The molecule has 0 aliphatic rings. The van der Waals surface area contributed by atoms with E-state index in [9.17, 15) is 28.8 Å². The highest BCUT2D eigenvalue weighted by atomic mass is 16.2. The number of H-pyrrole nitrogens is 6. The lowest BCUT2D eigenvalue weighted by Crippen LogP contribution is -2.21. The average Bonchev–Trinajstić information content (AvgIpc) is 1.58. The first kappa shape index (κ1) is 74.8. The number of nitrogens with one attached hydrogen (secondary N) is 6. The summed E-state index contributed by atoms with van der Waals surface area (Å²) in [6, 6.07) is 74.2. The molecule has 0 aliphatic heterocycles. The van der Waals surface area contributed by atoms with Crippen LogP contribution in [0.1, 0.15) is 108 Å². The molecule has 20 rings (SSSR count). The van der Waals surface area contributed by atoms with Crippen molar-refractivity contribution in [2.45, 2.75) is 105 Å². The SMILES string of the molecule is CC(C)(C)c1cc(=O)n2c(nc3ccccc32)[nH]1.CC(C)c1cc(=O)n2c(nc3ccccc32)[nH]1.CCCc1c(-c2ccccc2)nc2[nH]c3ccccc3n2c1=O.CCCc1cc(=O)n2c(nc3ccccc32)[nH]1.Cc1[nH]c2nc3ccccc3n2c(=O)c1CCC#N.O=c1cc(-c2ccccc2)[nH]c2nc3ccccc3n12. The molecule has 12 heterocycles. The predicted molar refractivity (Wildman–Crippen MR) is 450 cm³/mol. The van der Waals surface area contributed by atoms with Crippen LogP contribution < -0.4 is 33.4 Å². The third-order valence-corrected chi connectivity index (χ3v) is 19.7. The van der Waals surface area contributed by atoms with Gasteiger partial charge in [0.25, 0.3) is 33.4 Å². The van der Waals surface area contributed by atoms with Gasteiger partial charge in [-0.15, -0.1) is 0 Å². The number of fused-ring (bicyclic) bond motifs is 18. The van der Waals surface area contributed by atoms with Crippen molar-refractivity contribution in [2.24, 2.45) is 0 Å². The Labute approximate surface area is 649 Å². The first-order valence-electron chi connectivity index (χ1n) is 37.8. The van der Waals surface area contributed by atoms with Crippen molar-refractivity contribution in [1.29, 1.82) is 5.26 Å². The van der Waals surface area contributed by atoms with Crippen molar-refractivity contribution in [1.82, 2.24) is 86.2 Å². The van der Waals surface area contributed by atoms with E-state index < -0.39 is 0 Å². The molecule has 568 valence electrons. The van der Waals surface area contributed by atoms with E-state index in [0.717, 1.165) is 143 Å². The maximum Gasteiger partial charge on any atom is 0.263 e. The zero-order valence-corrected chi connectivity index (χ0v) is 64.0. The molecule has 0 spiro atoms. The molecule has 12 aromatic heterocycles. The minimum absolute atomic E-state index is 0.0177. The lowest BCUT2D eigenvalue weighted by Gasteiger charge is -2.18. The molecule has 6 N–H and O–H groups in total. The summed E-state index contributed by atoms with van der Waals surface area (Å²) in [5.41, 5.74) is 18.2. The van der Waals surface area contributed by atoms with Gasteiger partial charge in [0.2, 0.25) is 34.7 Å². The molecule has 25 nitrogen and oxygen atoms in total. The minimum Gasteiger partial charge on any atom is -0.329 e. The number of rotatable bonds is 9. The van der Waals surface area contributed by atoms with Gasteiger partial charge in [0, 0.05) is 75.6 Å². The van der Waals surface area contributed by atoms with E-state index in [1.54, 1.807) is 50.7 Å². The zero-order valence-electron chi connectivity index (χ0n) is 64.0. The van der Waals surface area contributed by atoms with Crippen molar-refractivity contribution in [3.05, 3.63) is 327 Å². The Hall–Kier alpha value is -14.7. The molecule has 0 unspecified atom stereocenters. The first-order valence-corrected chi connectivity index (χ1v) is 37.8. The largest absolute Gasteiger partial charge is 0.329 e. The minimum atomic E-state index is -0.0982. The quantitative estimate of drug-likeness (QED) is 0.0784. The summed E-state index contributed by atoms with van der Waals surface area (Å²) in [6.45, 7) is 16.3. The van der Waals surface area contributed by atoms with Crippen molar-refractivity contribution in [3.63, 3.8) is 0 Å². The lowest BCUT2D eigenvalue weighted by atomic mass is 9.92. The van der Waals surface area contributed by atoms with Gasteiger partial charge < -0.3 is 29.9 Å².